The van der Waals surface area contributed by atoms with E-state index < -0.39 is 0 Å². The monoisotopic (exact) mass is 444 g/mol. The largest absolute Gasteiger partial charge is 0.353 e. The van der Waals surface area contributed by atoms with Gasteiger partial charge < -0.3 is 10.2 Å². The zero-order chi connectivity index (χ0) is 21.9. The molecule has 1 N–H and O–H groups in total. The maximum absolute atomic E-state index is 12.5. The maximum atomic E-state index is 12.5. The molecule has 0 unspecified atom stereocenters. The van der Waals surface area contributed by atoms with Crippen LogP contribution in [0.2, 0.25) is 0 Å². The molecule has 5 rings (SSSR count). The minimum atomic E-state index is 0.00108. The maximum Gasteiger partial charge on any atom is 0.238 e. The van der Waals surface area contributed by atoms with Crippen LogP contribution in [-0.2, 0) is 4.79 Å². The zero-order valence-electron chi connectivity index (χ0n) is 17.9. The van der Waals surface area contributed by atoms with Gasteiger partial charge in [0, 0.05) is 49.8 Å². The number of carbonyl (C=O) groups is 1. The molecule has 0 bridgehead atoms. The highest BCUT2D eigenvalue weighted by molar-refractivity contribution is 7.21. The van der Waals surface area contributed by atoms with E-state index in [1.807, 2.05) is 24.3 Å². The third kappa shape index (κ3) is 4.61. The number of anilines is 2. The lowest BCUT2D eigenvalue weighted by Gasteiger charge is -2.34. The molecule has 3 heterocycles. The fourth-order valence-electron chi connectivity index (χ4n) is 3.84. The molecule has 1 aliphatic rings. The van der Waals surface area contributed by atoms with Gasteiger partial charge in [-0.3, -0.25) is 14.7 Å². The van der Waals surface area contributed by atoms with Gasteiger partial charge in [-0.05, 0) is 48.9 Å². The summed E-state index contributed by atoms with van der Waals surface area (Å²) in [6.45, 7) is 5.78. The van der Waals surface area contributed by atoms with Crippen LogP contribution >= 0.6 is 11.3 Å². The quantitative estimate of drug-likeness (QED) is 0.504. The average Bonchev–Trinajstić information content (AvgIpc) is 3.24. The SMILES string of the molecule is Cc1ccc2nc(-c3ccc(NC(=O)CN4CCN(c5cnccn5)CC4)cc3)sc2c1. The van der Waals surface area contributed by atoms with Crippen molar-refractivity contribution < 1.29 is 4.79 Å². The number of fused-ring (bicyclic) bond motifs is 1. The van der Waals surface area contributed by atoms with Gasteiger partial charge in [-0.25, -0.2) is 9.97 Å². The number of carbonyl (C=O) groups excluding carboxylic acids is 1. The van der Waals surface area contributed by atoms with Crippen molar-refractivity contribution in [1.82, 2.24) is 19.9 Å². The minimum absolute atomic E-state index is 0.00108. The predicted octanol–water partition coefficient (Wildman–Crippen LogP) is 3.82. The number of aromatic nitrogens is 3. The van der Waals surface area contributed by atoms with Crippen LogP contribution < -0.4 is 10.2 Å². The van der Waals surface area contributed by atoms with E-state index in [0.717, 1.165) is 53.8 Å². The third-order valence-corrected chi connectivity index (χ3v) is 6.64. The van der Waals surface area contributed by atoms with Crippen molar-refractivity contribution in [3.63, 3.8) is 0 Å². The Morgan fingerprint density at radius 3 is 2.62 bits per heavy atom. The highest BCUT2D eigenvalue weighted by Gasteiger charge is 2.20. The number of piperazine rings is 1. The molecule has 2 aromatic heterocycles. The van der Waals surface area contributed by atoms with Crippen LogP contribution in [0.25, 0.3) is 20.8 Å². The van der Waals surface area contributed by atoms with E-state index in [0.29, 0.717) is 6.54 Å². The Labute approximate surface area is 190 Å². The van der Waals surface area contributed by atoms with Crippen molar-refractivity contribution in [2.75, 3.05) is 42.9 Å². The standard InChI is InChI=1S/C24H24N6OS/c1-17-2-7-20-21(14-17)32-24(28-20)18-3-5-19(6-4-18)27-23(31)16-29-10-12-30(13-11-29)22-15-25-8-9-26-22/h2-9,14-15H,10-13,16H2,1H3,(H,27,31). The second kappa shape index (κ2) is 9.02. The molecule has 1 aliphatic heterocycles. The van der Waals surface area contributed by atoms with Crippen LogP contribution in [-0.4, -0.2) is 58.5 Å². The third-order valence-electron chi connectivity index (χ3n) is 5.57. The molecule has 0 radical (unpaired) electrons. The summed E-state index contributed by atoms with van der Waals surface area (Å²) < 4.78 is 1.19. The summed E-state index contributed by atoms with van der Waals surface area (Å²) in [4.78, 5) is 30.1. The predicted molar refractivity (Wildman–Crippen MR) is 129 cm³/mol. The molecule has 1 saturated heterocycles. The molecular weight excluding hydrogens is 420 g/mol. The molecular formula is C24H24N6OS. The van der Waals surface area contributed by atoms with E-state index in [1.54, 1.807) is 29.9 Å². The lowest BCUT2D eigenvalue weighted by molar-refractivity contribution is -0.117. The lowest BCUT2D eigenvalue weighted by atomic mass is 10.2. The van der Waals surface area contributed by atoms with Gasteiger partial charge in [0.05, 0.1) is 23.0 Å². The first-order valence-electron chi connectivity index (χ1n) is 10.6. The molecule has 1 amide bonds. The molecule has 8 heteroatoms. The summed E-state index contributed by atoms with van der Waals surface area (Å²) in [6, 6.07) is 14.2. The Balaban J connectivity index is 1.15. The summed E-state index contributed by atoms with van der Waals surface area (Å²) in [5, 5.41) is 4.00. The normalized spacial score (nSPS) is 14.6. The van der Waals surface area contributed by atoms with Crippen molar-refractivity contribution in [2.45, 2.75) is 6.92 Å². The number of nitrogens with one attached hydrogen (secondary N) is 1. The van der Waals surface area contributed by atoms with E-state index in [9.17, 15) is 4.79 Å². The van der Waals surface area contributed by atoms with Gasteiger partial charge in [0.15, 0.2) is 0 Å². The molecule has 32 heavy (non-hydrogen) atoms. The second-order valence-electron chi connectivity index (χ2n) is 7.94. The molecule has 7 nitrogen and oxygen atoms in total. The number of thiazole rings is 1. The van der Waals surface area contributed by atoms with Crippen molar-refractivity contribution in [2.24, 2.45) is 0 Å². The van der Waals surface area contributed by atoms with Crippen LogP contribution in [0.4, 0.5) is 11.5 Å². The highest BCUT2D eigenvalue weighted by atomic mass is 32.1. The van der Waals surface area contributed by atoms with Crippen LogP contribution in [0.1, 0.15) is 5.56 Å². The average molecular weight is 445 g/mol. The summed E-state index contributed by atoms with van der Waals surface area (Å²) >= 11 is 1.69. The van der Waals surface area contributed by atoms with E-state index in [4.69, 9.17) is 4.98 Å². The lowest BCUT2D eigenvalue weighted by Crippen LogP contribution is -2.48. The molecule has 4 aromatic rings. The molecule has 0 atom stereocenters. The van der Waals surface area contributed by atoms with Gasteiger partial charge in [0.1, 0.15) is 10.8 Å². The first-order chi connectivity index (χ1) is 15.6. The second-order valence-corrected chi connectivity index (χ2v) is 8.97. The zero-order valence-corrected chi connectivity index (χ0v) is 18.7. The first-order valence-corrected chi connectivity index (χ1v) is 11.5. The van der Waals surface area contributed by atoms with Gasteiger partial charge in [-0.15, -0.1) is 11.3 Å². The number of benzene rings is 2. The van der Waals surface area contributed by atoms with Crippen LogP contribution in [0, 0.1) is 6.92 Å². The van der Waals surface area contributed by atoms with Gasteiger partial charge in [-0.1, -0.05) is 6.07 Å². The number of rotatable bonds is 5. The number of nitrogens with zero attached hydrogens (tertiary/aromatic N) is 5. The number of hydrogen-bond acceptors (Lipinski definition) is 7. The smallest absolute Gasteiger partial charge is 0.238 e. The van der Waals surface area contributed by atoms with Crippen LogP contribution in [0.3, 0.4) is 0 Å². The Morgan fingerprint density at radius 1 is 1.06 bits per heavy atom. The summed E-state index contributed by atoms with van der Waals surface area (Å²) in [7, 11) is 0. The van der Waals surface area contributed by atoms with Crippen molar-refractivity contribution in [1.29, 1.82) is 0 Å². The van der Waals surface area contributed by atoms with Crippen LogP contribution in [0.15, 0.2) is 61.1 Å². The van der Waals surface area contributed by atoms with Gasteiger partial charge in [0.25, 0.3) is 0 Å². The molecule has 0 spiro atoms. The fourth-order valence-corrected chi connectivity index (χ4v) is 4.91. The molecule has 0 saturated carbocycles. The molecule has 0 aliphatic carbocycles. The first kappa shape index (κ1) is 20.5. The van der Waals surface area contributed by atoms with E-state index in [2.05, 4.69) is 50.2 Å². The molecule has 1 fully saturated rings. The fraction of sp³-hybridized carbons (Fsp3) is 0.250. The van der Waals surface area contributed by atoms with Gasteiger partial charge >= 0.3 is 0 Å². The van der Waals surface area contributed by atoms with Crippen molar-refractivity contribution in [3.05, 3.63) is 66.6 Å². The van der Waals surface area contributed by atoms with Crippen LogP contribution in [0.5, 0.6) is 0 Å². The van der Waals surface area contributed by atoms with Gasteiger partial charge in [0.2, 0.25) is 5.91 Å². The number of amides is 1. The van der Waals surface area contributed by atoms with Gasteiger partial charge in [-0.2, -0.15) is 0 Å². The Kier molecular flexibility index (Phi) is 5.79. The Bertz CT molecular complexity index is 1220. The number of aryl methyl sites for hydroxylation is 1. The Hall–Kier alpha value is -3.36. The van der Waals surface area contributed by atoms with E-state index >= 15 is 0 Å². The van der Waals surface area contributed by atoms with E-state index in [-0.39, 0.29) is 5.91 Å². The highest BCUT2D eigenvalue weighted by Crippen LogP contribution is 2.31. The Morgan fingerprint density at radius 2 is 1.88 bits per heavy atom. The summed E-state index contributed by atoms with van der Waals surface area (Å²) in [5.41, 5.74) is 4.11. The van der Waals surface area contributed by atoms with E-state index in [1.165, 1.54) is 10.3 Å². The summed E-state index contributed by atoms with van der Waals surface area (Å²) in [6.07, 6.45) is 5.16. The minimum Gasteiger partial charge on any atom is -0.353 e. The topological polar surface area (TPSA) is 74.2 Å². The number of hydrogen-bond donors (Lipinski definition) is 1. The molecule has 2 aromatic carbocycles. The summed E-state index contributed by atoms with van der Waals surface area (Å²) in [5.74, 6) is 0.890. The molecule has 162 valence electrons. The van der Waals surface area contributed by atoms with Crippen molar-refractivity contribution >= 4 is 39.0 Å². The van der Waals surface area contributed by atoms with Crippen molar-refractivity contribution in [3.8, 4) is 10.6 Å².